The van der Waals surface area contributed by atoms with Crippen LogP contribution in [0.2, 0.25) is 0 Å². The van der Waals surface area contributed by atoms with Gasteiger partial charge in [-0.25, -0.2) is 0 Å². The summed E-state index contributed by atoms with van der Waals surface area (Å²) in [5, 5.41) is 2.16. The molecule has 0 radical (unpaired) electrons. The highest BCUT2D eigenvalue weighted by molar-refractivity contribution is 7.86. The van der Waals surface area contributed by atoms with Crippen molar-refractivity contribution in [2.24, 2.45) is 0 Å². The summed E-state index contributed by atoms with van der Waals surface area (Å²) in [6.45, 7) is 2.44. The molecule has 0 aliphatic rings. The number of ether oxygens (including phenoxy) is 1. The molecule has 32 heavy (non-hydrogen) atoms. The highest BCUT2D eigenvalue weighted by Crippen LogP contribution is 2.31. The zero-order valence-corrected chi connectivity index (χ0v) is 18.8. The molecule has 4 aromatic rings. The van der Waals surface area contributed by atoms with Crippen molar-refractivity contribution in [2.75, 3.05) is 6.61 Å². The smallest absolute Gasteiger partial charge is 0.296 e. The van der Waals surface area contributed by atoms with E-state index in [1.54, 1.807) is 18.2 Å². The van der Waals surface area contributed by atoms with Crippen molar-refractivity contribution in [3.05, 3.63) is 108 Å². The topological polar surface area (TPSA) is 52.6 Å². The summed E-state index contributed by atoms with van der Waals surface area (Å²) in [4.78, 5) is 0.190. The average Bonchev–Trinajstić information content (AvgIpc) is 2.81. The van der Waals surface area contributed by atoms with Crippen LogP contribution >= 0.6 is 0 Å². The molecule has 0 aliphatic heterocycles. The predicted octanol–water partition coefficient (Wildman–Crippen LogP) is 6.07. The van der Waals surface area contributed by atoms with Crippen LogP contribution in [0.1, 0.15) is 23.1 Å². The summed E-state index contributed by atoms with van der Waals surface area (Å²) < 4.78 is 36.4. The first-order valence-electron chi connectivity index (χ1n) is 10.7. The second kappa shape index (κ2) is 9.98. The Labute approximate surface area is 189 Å². The Balaban J connectivity index is 1.46. The van der Waals surface area contributed by atoms with Crippen molar-refractivity contribution >= 4 is 20.9 Å². The Morgan fingerprint density at radius 3 is 2.41 bits per heavy atom. The fourth-order valence-corrected chi connectivity index (χ4v) is 4.70. The van der Waals surface area contributed by atoms with Crippen LogP contribution in [0.3, 0.4) is 0 Å². The van der Waals surface area contributed by atoms with E-state index in [1.165, 1.54) is 0 Å². The maximum Gasteiger partial charge on any atom is 0.296 e. The monoisotopic (exact) mass is 446 g/mol. The maximum absolute atomic E-state index is 12.4. The van der Waals surface area contributed by atoms with Crippen molar-refractivity contribution in [1.29, 1.82) is 0 Å². The normalized spacial score (nSPS) is 11.5. The second-order valence-electron chi connectivity index (χ2n) is 7.75. The van der Waals surface area contributed by atoms with Gasteiger partial charge in [-0.1, -0.05) is 78.9 Å². The summed E-state index contributed by atoms with van der Waals surface area (Å²) in [5.74, 6) is 0.841. The van der Waals surface area contributed by atoms with E-state index in [2.05, 4.69) is 24.3 Å². The first-order valence-corrected chi connectivity index (χ1v) is 12.1. The molecule has 0 saturated carbocycles. The van der Waals surface area contributed by atoms with Crippen molar-refractivity contribution in [2.45, 2.75) is 31.3 Å². The molecule has 0 fully saturated rings. The number of aryl methyl sites for hydroxylation is 2. The van der Waals surface area contributed by atoms with Gasteiger partial charge >= 0.3 is 0 Å². The van der Waals surface area contributed by atoms with E-state index >= 15 is 0 Å². The van der Waals surface area contributed by atoms with Gasteiger partial charge in [-0.2, -0.15) is 8.42 Å². The molecule has 4 aromatic carbocycles. The van der Waals surface area contributed by atoms with E-state index < -0.39 is 10.1 Å². The molecule has 0 bridgehead atoms. The van der Waals surface area contributed by atoms with E-state index in [1.807, 2.05) is 55.5 Å². The highest BCUT2D eigenvalue weighted by Gasteiger charge is 2.15. The lowest BCUT2D eigenvalue weighted by Crippen LogP contribution is -2.09. The van der Waals surface area contributed by atoms with Crippen LogP contribution in [0.5, 0.6) is 5.75 Å². The van der Waals surface area contributed by atoms with Crippen LogP contribution in [0, 0.1) is 6.92 Å². The number of hydrogen-bond acceptors (Lipinski definition) is 4. The third-order valence-electron chi connectivity index (χ3n) is 5.29. The minimum absolute atomic E-state index is 0.112. The average molecular weight is 447 g/mol. The minimum atomic E-state index is -3.76. The fraction of sp³-hybridized carbons (Fsp3) is 0.185. The molecule has 0 N–H and O–H groups in total. The fourth-order valence-electron chi connectivity index (χ4n) is 3.66. The zero-order valence-electron chi connectivity index (χ0n) is 18.0. The molecule has 4 rings (SSSR count). The lowest BCUT2D eigenvalue weighted by Gasteiger charge is -2.15. The molecule has 5 heteroatoms. The second-order valence-corrected chi connectivity index (χ2v) is 9.36. The van der Waals surface area contributed by atoms with Gasteiger partial charge in [-0.15, -0.1) is 0 Å². The van der Waals surface area contributed by atoms with Gasteiger partial charge in [0.2, 0.25) is 0 Å². The van der Waals surface area contributed by atoms with E-state index in [9.17, 15) is 8.42 Å². The summed E-state index contributed by atoms with van der Waals surface area (Å²) >= 11 is 0. The molecule has 4 nitrogen and oxygen atoms in total. The number of rotatable bonds is 9. The first-order chi connectivity index (χ1) is 15.5. The van der Waals surface area contributed by atoms with Crippen LogP contribution in [0.15, 0.2) is 95.9 Å². The van der Waals surface area contributed by atoms with Gasteiger partial charge < -0.3 is 4.74 Å². The molecule has 0 heterocycles. The van der Waals surface area contributed by atoms with E-state index in [-0.39, 0.29) is 11.5 Å². The highest BCUT2D eigenvalue weighted by atomic mass is 32.2. The zero-order chi connectivity index (χ0) is 22.4. The molecule has 0 aromatic heterocycles. The summed E-state index contributed by atoms with van der Waals surface area (Å²) in [7, 11) is -3.76. The predicted molar refractivity (Wildman–Crippen MR) is 127 cm³/mol. The van der Waals surface area contributed by atoms with Crippen LogP contribution in [0.25, 0.3) is 10.8 Å². The van der Waals surface area contributed by atoms with Crippen LogP contribution in [-0.2, 0) is 27.3 Å². The Morgan fingerprint density at radius 2 is 1.59 bits per heavy atom. The molecule has 0 spiro atoms. The van der Waals surface area contributed by atoms with Gasteiger partial charge in [0.05, 0.1) is 11.5 Å². The number of hydrogen-bond donors (Lipinski definition) is 0. The Bertz CT molecular complexity index is 1300. The quantitative estimate of drug-likeness (QED) is 0.231. The Hall–Kier alpha value is -3.15. The third kappa shape index (κ3) is 5.36. The number of fused-ring (bicyclic) bond motifs is 1. The van der Waals surface area contributed by atoms with Crippen molar-refractivity contribution in [1.82, 2.24) is 0 Å². The molecular formula is C27H26O4S. The van der Waals surface area contributed by atoms with Gasteiger partial charge in [-0.3, -0.25) is 4.18 Å². The van der Waals surface area contributed by atoms with Crippen molar-refractivity contribution in [3.63, 3.8) is 0 Å². The summed E-state index contributed by atoms with van der Waals surface area (Å²) in [5.41, 5.74) is 3.01. The largest absolute Gasteiger partial charge is 0.488 e. The lowest BCUT2D eigenvalue weighted by molar-refractivity contribution is 0.299. The van der Waals surface area contributed by atoms with E-state index in [0.29, 0.717) is 19.4 Å². The summed E-state index contributed by atoms with van der Waals surface area (Å²) in [6, 6.07) is 29.0. The van der Waals surface area contributed by atoms with Crippen LogP contribution < -0.4 is 4.74 Å². The number of benzene rings is 4. The van der Waals surface area contributed by atoms with E-state index in [4.69, 9.17) is 8.92 Å². The minimum Gasteiger partial charge on any atom is -0.488 e. The molecule has 0 saturated heterocycles. The van der Waals surface area contributed by atoms with Gasteiger partial charge in [0.25, 0.3) is 10.1 Å². The molecule has 0 amide bonds. The molecular weight excluding hydrogens is 420 g/mol. The summed E-state index contributed by atoms with van der Waals surface area (Å²) in [6.07, 6.45) is 1.21. The lowest BCUT2D eigenvalue weighted by atomic mass is 10.0. The standard InChI is InChI=1S/C27H26O4S/c1-21-9-7-14-25(19-21)32(28,29)31-18-8-13-24-17-16-23-12-5-6-15-26(23)27(24)30-20-22-10-3-2-4-11-22/h2-7,9-12,14-17,19H,8,13,18,20H2,1H3. The van der Waals surface area contributed by atoms with Gasteiger partial charge in [0.15, 0.2) is 0 Å². The Morgan fingerprint density at radius 1 is 0.812 bits per heavy atom. The molecule has 0 unspecified atom stereocenters. The third-order valence-corrected chi connectivity index (χ3v) is 6.60. The van der Waals surface area contributed by atoms with Crippen LogP contribution in [-0.4, -0.2) is 15.0 Å². The molecule has 0 atom stereocenters. The Kier molecular flexibility index (Phi) is 6.88. The van der Waals surface area contributed by atoms with Gasteiger partial charge in [-0.05, 0) is 54.0 Å². The van der Waals surface area contributed by atoms with Crippen molar-refractivity contribution < 1.29 is 17.3 Å². The maximum atomic E-state index is 12.4. The van der Waals surface area contributed by atoms with Crippen molar-refractivity contribution in [3.8, 4) is 5.75 Å². The van der Waals surface area contributed by atoms with Gasteiger partial charge in [0.1, 0.15) is 12.4 Å². The molecule has 0 aliphatic carbocycles. The van der Waals surface area contributed by atoms with Crippen LogP contribution in [0.4, 0.5) is 0 Å². The van der Waals surface area contributed by atoms with Gasteiger partial charge in [0, 0.05) is 5.39 Å². The first kappa shape index (κ1) is 22.1. The SMILES string of the molecule is Cc1cccc(S(=O)(=O)OCCCc2ccc3ccccc3c2OCc2ccccc2)c1. The molecule has 164 valence electrons. The van der Waals surface area contributed by atoms with E-state index in [0.717, 1.165) is 33.2 Å².